The van der Waals surface area contributed by atoms with Crippen molar-refractivity contribution in [2.75, 3.05) is 0 Å². The molecule has 0 atom stereocenters. The van der Waals surface area contributed by atoms with E-state index in [1.807, 2.05) is 24.3 Å². The van der Waals surface area contributed by atoms with Crippen LogP contribution in [0.25, 0.3) is 166 Å². The van der Waals surface area contributed by atoms with E-state index in [9.17, 15) is 5.26 Å². The van der Waals surface area contributed by atoms with E-state index in [2.05, 4.69) is 309 Å². The van der Waals surface area contributed by atoms with Gasteiger partial charge in [-0.05, 0) is 174 Å². The maximum atomic E-state index is 9.80. The molecule has 5 aromatic heterocycles. The van der Waals surface area contributed by atoms with E-state index in [0.29, 0.717) is 11.4 Å². The van der Waals surface area contributed by atoms with E-state index in [4.69, 9.17) is 9.97 Å². The summed E-state index contributed by atoms with van der Waals surface area (Å²) in [7, 11) is 0. The Morgan fingerprint density at radius 1 is 0.222 bits per heavy atom. The van der Waals surface area contributed by atoms with Crippen LogP contribution in [0, 0.1) is 11.3 Å². The van der Waals surface area contributed by atoms with Gasteiger partial charge < -0.3 is 18.3 Å². The molecule has 0 N–H and O–H groups in total. The molecule has 0 aliphatic heterocycles. The third kappa shape index (κ3) is 8.13. The van der Waals surface area contributed by atoms with Gasteiger partial charge in [-0.1, -0.05) is 158 Å². The van der Waals surface area contributed by atoms with Crippen molar-refractivity contribution in [3.05, 3.63) is 315 Å². The first-order valence-corrected chi connectivity index (χ1v) is 30.4. The quantitative estimate of drug-likeness (QED) is 0.145. The lowest BCUT2D eigenvalue weighted by molar-refractivity contribution is 1.16. The molecule has 18 rings (SSSR count). The number of hydrogen-bond donors (Lipinski definition) is 0. The lowest BCUT2D eigenvalue weighted by Crippen LogP contribution is -1.99. The molecule has 0 aliphatic rings. The van der Waals surface area contributed by atoms with Gasteiger partial charge in [-0.2, -0.15) is 5.26 Å². The molecule has 0 amide bonds. The second-order valence-electron chi connectivity index (χ2n) is 23.3. The molecule has 0 spiro atoms. The van der Waals surface area contributed by atoms with Crippen LogP contribution in [-0.2, 0) is 0 Å². The number of rotatable bonds is 9. The van der Waals surface area contributed by atoms with Crippen molar-refractivity contribution < 1.29 is 0 Å². The summed E-state index contributed by atoms with van der Waals surface area (Å²) in [5.41, 5.74) is 23.1. The first-order valence-electron chi connectivity index (χ1n) is 30.4. The molecule has 0 saturated heterocycles. The van der Waals surface area contributed by atoms with E-state index >= 15 is 0 Å². The van der Waals surface area contributed by atoms with Crippen molar-refractivity contribution in [3.8, 4) is 85.0 Å². The lowest BCUT2D eigenvalue weighted by Gasteiger charge is -2.14. The minimum absolute atomic E-state index is 0.571. The Hall–Kier alpha value is -12.4. The molecule has 0 bridgehead atoms. The summed E-state index contributed by atoms with van der Waals surface area (Å²) >= 11 is 0. The minimum atomic E-state index is 0.571. The Labute approximate surface area is 517 Å². The summed E-state index contributed by atoms with van der Waals surface area (Å²) in [6, 6.07) is 113. The fraction of sp³-hybridized carbons (Fsp3) is 0. The molecule has 90 heavy (non-hydrogen) atoms. The van der Waals surface area contributed by atoms with Gasteiger partial charge in [0.2, 0.25) is 0 Å². The molecule has 18 aromatic rings. The number of hydrogen-bond acceptors (Lipinski definition) is 3. The molecule has 0 fully saturated rings. The number of benzene rings is 13. The van der Waals surface area contributed by atoms with Crippen LogP contribution in [0.4, 0.5) is 0 Å². The highest BCUT2D eigenvalue weighted by Gasteiger charge is 2.21. The number of fused-ring (bicyclic) bond motifs is 12. The molecule has 7 nitrogen and oxygen atoms in total. The monoisotopic (exact) mass is 1150 g/mol. The average Bonchev–Trinajstić information content (AvgIpc) is 1.80. The van der Waals surface area contributed by atoms with Gasteiger partial charge in [0, 0.05) is 82.5 Å². The Morgan fingerprint density at radius 3 is 0.878 bits per heavy atom. The highest BCUT2D eigenvalue weighted by Crippen LogP contribution is 2.42. The van der Waals surface area contributed by atoms with Gasteiger partial charge in [-0.25, -0.2) is 9.97 Å². The lowest BCUT2D eigenvalue weighted by atomic mass is 10.0. The van der Waals surface area contributed by atoms with E-state index in [1.54, 1.807) is 0 Å². The Balaban J connectivity index is 0.732. The maximum absolute atomic E-state index is 9.80. The number of para-hydroxylation sites is 6. The zero-order valence-electron chi connectivity index (χ0n) is 48.6. The molecule has 0 aliphatic carbocycles. The van der Waals surface area contributed by atoms with Crippen LogP contribution in [-0.4, -0.2) is 28.2 Å². The third-order valence-corrected chi connectivity index (χ3v) is 18.2. The SMILES string of the molecule is N#Cc1ccc(-c2nc(-c3cccc(-n4c5ccccc5c5cc(-c6ccc7c(c6)c6ccccc6n7-c6ccccc6)ccc54)c3)cc(-c3cccc(-n4c5ccccc5c5cc(-c6ccc7c(c6)c6ccccc6n7-c6ccccc6)ccc54)c3)n2)cc1. The summed E-state index contributed by atoms with van der Waals surface area (Å²) in [6.45, 7) is 0. The fourth-order valence-corrected chi connectivity index (χ4v) is 14.1. The zero-order valence-corrected chi connectivity index (χ0v) is 48.6. The van der Waals surface area contributed by atoms with Crippen LogP contribution in [0.3, 0.4) is 0 Å². The topological polar surface area (TPSA) is 69.3 Å². The van der Waals surface area contributed by atoms with Crippen LogP contribution in [0.5, 0.6) is 0 Å². The largest absolute Gasteiger partial charge is 0.309 e. The Kier molecular flexibility index (Phi) is 11.5. The molecule has 418 valence electrons. The van der Waals surface area contributed by atoms with E-state index in [0.717, 1.165) is 84.0 Å². The van der Waals surface area contributed by atoms with Crippen molar-refractivity contribution >= 4 is 87.2 Å². The normalized spacial score (nSPS) is 11.8. The molecule has 0 saturated carbocycles. The van der Waals surface area contributed by atoms with Crippen LogP contribution < -0.4 is 0 Å². The fourth-order valence-electron chi connectivity index (χ4n) is 14.1. The third-order valence-electron chi connectivity index (χ3n) is 18.2. The van der Waals surface area contributed by atoms with Gasteiger partial charge in [-0.3, -0.25) is 0 Å². The predicted molar refractivity (Wildman–Crippen MR) is 371 cm³/mol. The van der Waals surface area contributed by atoms with Crippen LogP contribution in [0.15, 0.2) is 309 Å². The van der Waals surface area contributed by atoms with Gasteiger partial charge in [0.05, 0.1) is 67.2 Å². The summed E-state index contributed by atoms with van der Waals surface area (Å²) in [6.07, 6.45) is 0. The van der Waals surface area contributed by atoms with Crippen LogP contribution in [0.1, 0.15) is 5.56 Å². The number of nitrogens with zero attached hydrogens (tertiary/aromatic N) is 7. The average molecular weight is 1150 g/mol. The van der Waals surface area contributed by atoms with Gasteiger partial charge >= 0.3 is 0 Å². The van der Waals surface area contributed by atoms with Crippen molar-refractivity contribution in [1.29, 1.82) is 5.26 Å². The zero-order chi connectivity index (χ0) is 59.4. The number of nitriles is 1. The molecule has 5 heterocycles. The first-order chi connectivity index (χ1) is 44.6. The second-order valence-corrected chi connectivity index (χ2v) is 23.3. The molecule has 13 aromatic carbocycles. The first kappa shape index (κ1) is 50.9. The Bertz CT molecular complexity index is 5640. The highest BCUT2D eigenvalue weighted by molar-refractivity contribution is 6.15. The molecular formula is C83H51N7. The van der Waals surface area contributed by atoms with E-state index < -0.39 is 0 Å². The summed E-state index contributed by atoms with van der Waals surface area (Å²) in [5, 5.41) is 19.4. The molecule has 0 unspecified atom stereocenters. The standard InChI is InChI=1S/C83H51N7/c84-52-53-33-35-54(36-34-53)83-85-73(59-17-15-23-63(45-59)89-77-31-13-9-27-67(77)71-49-57(39-43-81(71)89)55-37-41-79-69(47-55)65-25-7-11-29-75(65)87(79)61-19-3-1-4-20-61)51-74(86-83)60-18-16-24-64(46-60)90-78-32-14-10-28-68(78)72-50-58(40-44-82(72)90)56-38-42-80-70(48-56)66-26-8-12-30-76(66)88(80)62-21-5-2-6-22-62/h1-51H. The summed E-state index contributed by atoms with van der Waals surface area (Å²) in [5.74, 6) is 0.571. The smallest absolute Gasteiger partial charge is 0.160 e. The maximum Gasteiger partial charge on any atom is 0.160 e. The second kappa shape index (κ2) is 20.4. The highest BCUT2D eigenvalue weighted by atomic mass is 15.0. The van der Waals surface area contributed by atoms with Crippen molar-refractivity contribution in [2.45, 2.75) is 0 Å². The predicted octanol–water partition coefficient (Wildman–Crippen LogP) is 21.1. The van der Waals surface area contributed by atoms with Gasteiger partial charge in [0.25, 0.3) is 0 Å². The number of aromatic nitrogens is 6. The Morgan fingerprint density at radius 2 is 0.522 bits per heavy atom. The summed E-state index contributed by atoms with van der Waals surface area (Å²) < 4.78 is 9.48. The van der Waals surface area contributed by atoms with Crippen LogP contribution in [0.2, 0.25) is 0 Å². The van der Waals surface area contributed by atoms with Crippen molar-refractivity contribution in [2.24, 2.45) is 0 Å². The van der Waals surface area contributed by atoms with Gasteiger partial charge in [0.15, 0.2) is 5.82 Å². The van der Waals surface area contributed by atoms with Gasteiger partial charge in [0.1, 0.15) is 0 Å². The van der Waals surface area contributed by atoms with Crippen LogP contribution >= 0.6 is 0 Å². The van der Waals surface area contributed by atoms with Crippen molar-refractivity contribution in [3.63, 3.8) is 0 Å². The van der Waals surface area contributed by atoms with E-state index in [-0.39, 0.29) is 0 Å². The summed E-state index contributed by atoms with van der Waals surface area (Å²) in [4.78, 5) is 10.7. The molecule has 0 radical (unpaired) electrons. The van der Waals surface area contributed by atoms with Crippen molar-refractivity contribution in [1.82, 2.24) is 28.2 Å². The van der Waals surface area contributed by atoms with E-state index in [1.165, 1.54) is 76.3 Å². The molecule has 7 heteroatoms. The minimum Gasteiger partial charge on any atom is -0.309 e. The van der Waals surface area contributed by atoms with Gasteiger partial charge in [-0.15, -0.1) is 0 Å². The molecular weight excluding hydrogens is 1090 g/mol.